The fourth-order valence-corrected chi connectivity index (χ4v) is 3.56. The average Bonchev–Trinajstić information content (AvgIpc) is 2.61. The molecule has 2 rings (SSSR count). The van der Waals surface area contributed by atoms with E-state index in [9.17, 15) is 13.2 Å². The molecule has 6 heteroatoms. The standard InChI is InChI=1S/C19H24N2O3S/c1-3-4-8-16-11-13-17(14-12-16)20-19(22)15(2)21-25(23,24)18-9-6-5-7-10-18/h5-7,9-15,21H,3-4,8H2,1-2H3,(H,20,22). The Bertz CT molecular complexity index is 787. The van der Waals surface area contributed by atoms with Crippen LogP contribution in [0.25, 0.3) is 0 Å². The minimum atomic E-state index is -3.72. The van der Waals surface area contributed by atoms with E-state index in [1.54, 1.807) is 18.2 Å². The van der Waals surface area contributed by atoms with Crippen LogP contribution < -0.4 is 10.0 Å². The lowest BCUT2D eigenvalue weighted by molar-refractivity contribution is -0.117. The summed E-state index contributed by atoms with van der Waals surface area (Å²) in [5, 5.41) is 2.73. The van der Waals surface area contributed by atoms with Crippen molar-refractivity contribution >= 4 is 21.6 Å². The van der Waals surface area contributed by atoms with E-state index in [2.05, 4.69) is 17.0 Å². The number of hydrogen-bond donors (Lipinski definition) is 2. The van der Waals surface area contributed by atoms with Crippen LogP contribution in [0.3, 0.4) is 0 Å². The van der Waals surface area contributed by atoms with Crippen LogP contribution in [0.2, 0.25) is 0 Å². The van der Waals surface area contributed by atoms with Gasteiger partial charge in [0.05, 0.1) is 10.9 Å². The van der Waals surface area contributed by atoms with Gasteiger partial charge in [-0.3, -0.25) is 4.79 Å². The maximum atomic E-state index is 12.3. The summed E-state index contributed by atoms with van der Waals surface area (Å²) in [7, 11) is -3.72. The number of aryl methyl sites for hydroxylation is 1. The number of hydrogen-bond acceptors (Lipinski definition) is 3. The Morgan fingerprint density at radius 2 is 1.68 bits per heavy atom. The molecule has 0 aromatic heterocycles. The minimum absolute atomic E-state index is 0.134. The van der Waals surface area contributed by atoms with Crippen molar-refractivity contribution in [2.75, 3.05) is 5.32 Å². The predicted molar refractivity (Wildman–Crippen MR) is 99.9 cm³/mol. The van der Waals surface area contributed by atoms with E-state index in [4.69, 9.17) is 0 Å². The fraction of sp³-hybridized carbons (Fsp3) is 0.316. The minimum Gasteiger partial charge on any atom is -0.325 e. The molecule has 0 aliphatic carbocycles. The topological polar surface area (TPSA) is 75.3 Å². The number of amides is 1. The fourth-order valence-electron chi connectivity index (χ4n) is 2.34. The first-order chi connectivity index (χ1) is 11.9. The van der Waals surface area contributed by atoms with Crippen LogP contribution in [0.5, 0.6) is 0 Å². The average molecular weight is 360 g/mol. The number of nitrogens with one attached hydrogen (secondary N) is 2. The van der Waals surface area contributed by atoms with Crippen molar-refractivity contribution in [2.24, 2.45) is 0 Å². The van der Waals surface area contributed by atoms with Crippen LogP contribution in [0, 0.1) is 0 Å². The molecule has 2 N–H and O–H groups in total. The molecule has 1 amide bonds. The monoisotopic (exact) mass is 360 g/mol. The van der Waals surface area contributed by atoms with Crippen LogP contribution >= 0.6 is 0 Å². The quantitative estimate of drug-likeness (QED) is 0.758. The Balaban J connectivity index is 1.96. The van der Waals surface area contributed by atoms with Crippen LogP contribution in [-0.2, 0) is 21.2 Å². The lowest BCUT2D eigenvalue weighted by atomic mass is 10.1. The van der Waals surface area contributed by atoms with Crippen molar-refractivity contribution in [1.29, 1.82) is 0 Å². The number of benzene rings is 2. The highest BCUT2D eigenvalue weighted by Crippen LogP contribution is 2.13. The smallest absolute Gasteiger partial charge is 0.242 e. The molecule has 0 aliphatic heterocycles. The summed E-state index contributed by atoms with van der Waals surface area (Å²) in [6.07, 6.45) is 3.28. The molecule has 1 atom stereocenters. The van der Waals surface area contributed by atoms with E-state index in [0.717, 1.165) is 19.3 Å². The molecule has 1 unspecified atom stereocenters. The zero-order valence-corrected chi connectivity index (χ0v) is 15.3. The van der Waals surface area contributed by atoms with Gasteiger partial charge in [-0.1, -0.05) is 43.7 Å². The zero-order chi connectivity index (χ0) is 18.3. The summed E-state index contributed by atoms with van der Waals surface area (Å²) < 4.78 is 26.9. The second-order valence-corrected chi connectivity index (χ2v) is 7.66. The van der Waals surface area contributed by atoms with Crippen molar-refractivity contribution in [3.63, 3.8) is 0 Å². The number of sulfonamides is 1. The van der Waals surface area contributed by atoms with Gasteiger partial charge in [-0.15, -0.1) is 0 Å². The molecule has 2 aromatic rings. The van der Waals surface area contributed by atoms with E-state index >= 15 is 0 Å². The van der Waals surface area contributed by atoms with E-state index in [0.29, 0.717) is 5.69 Å². The maximum absolute atomic E-state index is 12.3. The highest BCUT2D eigenvalue weighted by atomic mass is 32.2. The molecule has 0 aliphatic rings. The molecular weight excluding hydrogens is 336 g/mol. The molecule has 0 saturated carbocycles. The molecule has 0 heterocycles. The van der Waals surface area contributed by atoms with Gasteiger partial charge in [0.1, 0.15) is 0 Å². The second-order valence-electron chi connectivity index (χ2n) is 5.95. The Morgan fingerprint density at radius 1 is 1.04 bits per heavy atom. The third kappa shape index (κ3) is 5.69. The van der Waals surface area contributed by atoms with Gasteiger partial charge in [-0.25, -0.2) is 8.42 Å². The van der Waals surface area contributed by atoms with Gasteiger partial charge in [0.25, 0.3) is 0 Å². The molecule has 0 radical (unpaired) electrons. The van der Waals surface area contributed by atoms with Crippen LogP contribution in [0.4, 0.5) is 5.69 Å². The van der Waals surface area contributed by atoms with Crippen LogP contribution in [0.15, 0.2) is 59.5 Å². The van der Waals surface area contributed by atoms with E-state index in [1.165, 1.54) is 24.6 Å². The van der Waals surface area contributed by atoms with Gasteiger partial charge in [0.15, 0.2) is 0 Å². The first-order valence-electron chi connectivity index (χ1n) is 8.39. The Morgan fingerprint density at radius 3 is 2.28 bits per heavy atom. The molecule has 134 valence electrons. The van der Waals surface area contributed by atoms with Crippen molar-refractivity contribution in [3.05, 3.63) is 60.2 Å². The molecule has 2 aromatic carbocycles. The summed E-state index contributed by atoms with van der Waals surface area (Å²) in [6, 6.07) is 14.7. The van der Waals surface area contributed by atoms with Crippen LogP contribution in [0.1, 0.15) is 32.3 Å². The van der Waals surface area contributed by atoms with Gasteiger partial charge in [-0.2, -0.15) is 4.72 Å². The van der Waals surface area contributed by atoms with Crippen molar-refractivity contribution in [3.8, 4) is 0 Å². The molecular formula is C19H24N2O3S. The summed E-state index contributed by atoms with van der Waals surface area (Å²) in [6.45, 7) is 3.66. The molecule has 5 nitrogen and oxygen atoms in total. The first kappa shape index (κ1) is 19.1. The number of carbonyl (C=O) groups is 1. The Labute approximate surface area is 149 Å². The lowest BCUT2D eigenvalue weighted by Gasteiger charge is -2.14. The summed E-state index contributed by atoms with van der Waals surface area (Å²) in [4.78, 5) is 12.4. The van der Waals surface area contributed by atoms with Crippen molar-refractivity contribution in [1.82, 2.24) is 4.72 Å². The molecule has 25 heavy (non-hydrogen) atoms. The molecule has 0 bridgehead atoms. The van der Waals surface area contributed by atoms with Crippen molar-refractivity contribution < 1.29 is 13.2 Å². The maximum Gasteiger partial charge on any atom is 0.242 e. The van der Waals surface area contributed by atoms with Gasteiger partial charge < -0.3 is 5.32 Å². The van der Waals surface area contributed by atoms with Gasteiger partial charge >= 0.3 is 0 Å². The summed E-state index contributed by atoms with van der Waals surface area (Å²) in [5.41, 5.74) is 1.87. The third-order valence-corrected chi connectivity index (χ3v) is 5.38. The normalized spacial score (nSPS) is 12.6. The lowest BCUT2D eigenvalue weighted by Crippen LogP contribution is -2.41. The van der Waals surface area contributed by atoms with E-state index in [1.807, 2.05) is 24.3 Å². The molecule has 0 fully saturated rings. The second kappa shape index (κ2) is 8.78. The molecule has 0 spiro atoms. The van der Waals surface area contributed by atoms with Gasteiger partial charge in [-0.05, 0) is 49.6 Å². The number of rotatable bonds is 8. The molecule has 0 saturated heterocycles. The highest BCUT2D eigenvalue weighted by molar-refractivity contribution is 7.89. The summed E-state index contributed by atoms with van der Waals surface area (Å²) >= 11 is 0. The van der Waals surface area contributed by atoms with Gasteiger partial charge in [0, 0.05) is 5.69 Å². The summed E-state index contributed by atoms with van der Waals surface area (Å²) in [5.74, 6) is -0.402. The third-order valence-electron chi connectivity index (χ3n) is 3.82. The SMILES string of the molecule is CCCCc1ccc(NC(=O)C(C)NS(=O)(=O)c2ccccc2)cc1. The van der Waals surface area contributed by atoms with Crippen LogP contribution in [-0.4, -0.2) is 20.4 Å². The van der Waals surface area contributed by atoms with E-state index < -0.39 is 22.0 Å². The zero-order valence-electron chi connectivity index (χ0n) is 14.5. The van der Waals surface area contributed by atoms with Crippen molar-refractivity contribution in [2.45, 2.75) is 44.0 Å². The van der Waals surface area contributed by atoms with Gasteiger partial charge in [0.2, 0.25) is 15.9 Å². The Hall–Kier alpha value is -2.18. The first-order valence-corrected chi connectivity index (χ1v) is 9.88. The number of anilines is 1. The Kier molecular flexibility index (Phi) is 6.73. The largest absolute Gasteiger partial charge is 0.325 e. The van der Waals surface area contributed by atoms with E-state index in [-0.39, 0.29) is 4.90 Å². The number of carbonyl (C=O) groups excluding carboxylic acids is 1. The number of unbranched alkanes of at least 4 members (excludes halogenated alkanes) is 1. The highest BCUT2D eigenvalue weighted by Gasteiger charge is 2.21. The predicted octanol–water partition coefficient (Wildman–Crippen LogP) is 3.33.